The van der Waals surface area contributed by atoms with Crippen LogP contribution < -0.4 is 0 Å². The summed E-state index contributed by atoms with van der Waals surface area (Å²) < 4.78 is 29.0. The summed E-state index contributed by atoms with van der Waals surface area (Å²) in [5, 5.41) is 19.2. The van der Waals surface area contributed by atoms with Crippen LogP contribution in [-0.4, -0.2) is 31.2 Å². The third-order valence-corrected chi connectivity index (χ3v) is 3.77. The second kappa shape index (κ2) is 5.08. The van der Waals surface area contributed by atoms with Gasteiger partial charge in [0.2, 0.25) is 0 Å². The number of fused-ring (bicyclic) bond motifs is 1. The maximum Gasteiger partial charge on any atom is 0.161 e. The van der Waals surface area contributed by atoms with Crippen molar-refractivity contribution in [1.82, 2.24) is 19.7 Å². The van der Waals surface area contributed by atoms with Gasteiger partial charge in [0.1, 0.15) is 11.5 Å². The van der Waals surface area contributed by atoms with Gasteiger partial charge in [-0.1, -0.05) is 5.16 Å². The molecule has 1 aromatic carbocycles. The Labute approximate surface area is 129 Å². The number of imidazole rings is 1. The molecule has 1 aliphatic carbocycles. The standard InChI is InChI=1S/C15H11F2N5O/c16-11-4-13-14(5-12(11)17)22(10-1-2-10)15(20-13)8-3-9(7-19-23)21-18-6-8/h3-7,10,23H,1-2H2/b19-7+. The van der Waals surface area contributed by atoms with Crippen molar-refractivity contribution in [3.8, 4) is 11.4 Å². The Morgan fingerprint density at radius 1 is 1.22 bits per heavy atom. The summed E-state index contributed by atoms with van der Waals surface area (Å²) in [4.78, 5) is 4.43. The molecule has 0 bridgehead atoms. The zero-order valence-corrected chi connectivity index (χ0v) is 11.8. The molecule has 8 heteroatoms. The highest BCUT2D eigenvalue weighted by molar-refractivity contribution is 5.83. The number of nitrogens with zero attached hydrogens (tertiary/aromatic N) is 5. The molecule has 0 radical (unpaired) electrons. The van der Waals surface area contributed by atoms with E-state index in [-0.39, 0.29) is 6.04 Å². The van der Waals surface area contributed by atoms with Gasteiger partial charge in [0, 0.05) is 23.7 Å². The van der Waals surface area contributed by atoms with E-state index in [1.165, 1.54) is 12.3 Å². The van der Waals surface area contributed by atoms with Crippen LogP contribution in [0.1, 0.15) is 24.6 Å². The molecule has 116 valence electrons. The summed E-state index contributed by atoms with van der Waals surface area (Å²) >= 11 is 0. The lowest BCUT2D eigenvalue weighted by Crippen LogP contribution is -2.00. The van der Waals surface area contributed by atoms with Gasteiger partial charge in [0.25, 0.3) is 0 Å². The van der Waals surface area contributed by atoms with Crippen molar-refractivity contribution in [2.45, 2.75) is 18.9 Å². The normalized spacial score (nSPS) is 14.9. The van der Waals surface area contributed by atoms with Gasteiger partial charge in [-0.05, 0) is 18.9 Å². The molecule has 2 aromatic heterocycles. The lowest BCUT2D eigenvalue weighted by atomic mass is 10.2. The Bertz CT molecular complexity index is 933. The summed E-state index contributed by atoms with van der Waals surface area (Å²) in [5.74, 6) is -1.26. The first-order chi connectivity index (χ1) is 11.2. The zero-order valence-electron chi connectivity index (χ0n) is 11.8. The van der Waals surface area contributed by atoms with Crippen molar-refractivity contribution in [1.29, 1.82) is 0 Å². The molecule has 2 heterocycles. The average Bonchev–Trinajstić information content (AvgIpc) is 3.31. The van der Waals surface area contributed by atoms with E-state index >= 15 is 0 Å². The molecule has 0 spiro atoms. The van der Waals surface area contributed by atoms with Gasteiger partial charge in [-0.15, -0.1) is 5.10 Å². The fourth-order valence-electron chi connectivity index (χ4n) is 2.62. The SMILES string of the molecule is O/N=C/c1cc(-c2nc3cc(F)c(F)cc3n2C2CC2)cnn1. The van der Waals surface area contributed by atoms with Crippen LogP contribution in [0, 0.1) is 11.6 Å². The van der Waals surface area contributed by atoms with E-state index in [4.69, 9.17) is 5.21 Å². The summed E-state index contributed by atoms with van der Waals surface area (Å²) in [6.45, 7) is 0. The average molecular weight is 315 g/mol. The Kier molecular flexibility index (Phi) is 3.03. The third kappa shape index (κ3) is 2.32. The van der Waals surface area contributed by atoms with Gasteiger partial charge in [-0.2, -0.15) is 5.10 Å². The van der Waals surface area contributed by atoms with Gasteiger partial charge in [0.15, 0.2) is 11.6 Å². The fraction of sp³-hybridized carbons (Fsp3) is 0.200. The van der Waals surface area contributed by atoms with Crippen LogP contribution in [0.5, 0.6) is 0 Å². The molecule has 1 fully saturated rings. The van der Waals surface area contributed by atoms with Crippen molar-refractivity contribution < 1.29 is 14.0 Å². The summed E-state index contributed by atoms with van der Waals surface area (Å²) in [6, 6.07) is 4.13. The molecule has 1 saturated carbocycles. The first kappa shape index (κ1) is 13.7. The predicted octanol–water partition coefficient (Wildman–Crippen LogP) is 2.91. The maximum absolute atomic E-state index is 13.6. The fourth-order valence-corrected chi connectivity index (χ4v) is 2.62. The summed E-state index contributed by atoms with van der Waals surface area (Å²) in [5.41, 5.74) is 1.94. The van der Waals surface area contributed by atoms with Crippen LogP contribution in [-0.2, 0) is 0 Å². The molecular formula is C15H11F2N5O. The van der Waals surface area contributed by atoms with Gasteiger partial charge in [0.05, 0.1) is 23.4 Å². The smallest absolute Gasteiger partial charge is 0.161 e. The monoisotopic (exact) mass is 315 g/mol. The van der Waals surface area contributed by atoms with E-state index in [9.17, 15) is 8.78 Å². The number of halogens is 2. The lowest BCUT2D eigenvalue weighted by molar-refractivity contribution is 0.321. The number of aromatic nitrogens is 4. The minimum Gasteiger partial charge on any atom is -0.411 e. The molecule has 6 nitrogen and oxygen atoms in total. The molecular weight excluding hydrogens is 304 g/mol. The van der Waals surface area contributed by atoms with E-state index in [1.807, 2.05) is 4.57 Å². The largest absolute Gasteiger partial charge is 0.411 e. The lowest BCUT2D eigenvalue weighted by Gasteiger charge is -2.07. The number of oxime groups is 1. The Morgan fingerprint density at radius 2 is 2.00 bits per heavy atom. The second-order valence-electron chi connectivity index (χ2n) is 5.41. The minimum atomic E-state index is -0.926. The number of hydrogen-bond acceptors (Lipinski definition) is 5. The molecule has 0 amide bonds. The zero-order chi connectivity index (χ0) is 16.0. The molecule has 0 aliphatic heterocycles. The van der Waals surface area contributed by atoms with Crippen LogP contribution in [0.3, 0.4) is 0 Å². The van der Waals surface area contributed by atoms with Crippen LogP contribution >= 0.6 is 0 Å². The summed E-state index contributed by atoms with van der Waals surface area (Å²) in [6.07, 6.45) is 4.59. The molecule has 0 saturated heterocycles. The van der Waals surface area contributed by atoms with E-state index in [2.05, 4.69) is 20.3 Å². The van der Waals surface area contributed by atoms with Gasteiger partial charge < -0.3 is 9.77 Å². The molecule has 1 aliphatic rings. The minimum absolute atomic E-state index is 0.211. The van der Waals surface area contributed by atoms with E-state index in [0.717, 1.165) is 25.1 Å². The molecule has 1 N–H and O–H groups in total. The maximum atomic E-state index is 13.6. The van der Waals surface area contributed by atoms with Crippen molar-refractivity contribution in [2.75, 3.05) is 0 Å². The highest BCUT2D eigenvalue weighted by Crippen LogP contribution is 2.41. The first-order valence-electron chi connectivity index (χ1n) is 7.05. The number of hydrogen-bond donors (Lipinski definition) is 1. The number of rotatable bonds is 3. The Morgan fingerprint density at radius 3 is 2.74 bits per heavy atom. The van der Waals surface area contributed by atoms with E-state index < -0.39 is 11.6 Å². The van der Waals surface area contributed by atoms with Crippen LogP contribution in [0.15, 0.2) is 29.6 Å². The number of benzene rings is 1. The third-order valence-electron chi connectivity index (χ3n) is 3.77. The highest BCUT2D eigenvalue weighted by Gasteiger charge is 2.29. The van der Waals surface area contributed by atoms with E-state index in [1.54, 1.807) is 6.07 Å². The molecule has 4 rings (SSSR count). The van der Waals surface area contributed by atoms with Crippen LogP contribution in [0.25, 0.3) is 22.4 Å². The Balaban J connectivity index is 1.96. The summed E-state index contributed by atoms with van der Waals surface area (Å²) in [7, 11) is 0. The quantitative estimate of drug-likeness (QED) is 0.458. The van der Waals surface area contributed by atoms with Crippen molar-refractivity contribution in [3.63, 3.8) is 0 Å². The van der Waals surface area contributed by atoms with Crippen molar-refractivity contribution in [3.05, 3.63) is 41.7 Å². The molecule has 0 atom stereocenters. The molecule has 3 aromatic rings. The van der Waals surface area contributed by atoms with Crippen LogP contribution in [0.2, 0.25) is 0 Å². The Hall–Kier alpha value is -2.90. The molecule has 0 unspecified atom stereocenters. The first-order valence-corrected chi connectivity index (χ1v) is 7.05. The molecule has 23 heavy (non-hydrogen) atoms. The highest BCUT2D eigenvalue weighted by atomic mass is 19.2. The van der Waals surface area contributed by atoms with Gasteiger partial charge in [-0.25, -0.2) is 13.8 Å². The topological polar surface area (TPSA) is 76.2 Å². The van der Waals surface area contributed by atoms with Crippen LogP contribution in [0.4, 0.5) is 8.78 Å². The predicted molar refractivity (Wildman–Crippen MR) is 78.3 cm³/mol. The van der Waals surface area contributed by atoms with Crippen molar-refractivity contribution >= 4 is 17.2 Å². The van der Waals surface area contributed by atoms with E-state index in [0.29, 0.717) is 28.1 Å². The van der Waals surface area contributed by atoms with Gasteiger partial charge >= 0.3 is 0 Å². The van der Waals surface area contributed by atoms with Gasteiger partial charge in [-0.3, -0.25) is 0 Å². The van der Waals surface area contributed by atoms with Crippen molar-refractivity contribution in [2.24, 2.45) is 5.16 Å². The second-order valence-corrected chi connectivity index (χ2v) is 5.41.